The van der Waals surface area contributed by atoms with E-state index >= 15 is 0 Å². The standard InChI is InChI=1S/C13H24O3S/c1-13(2,3)16-12(14)9-10-17(15)11-7-5-4-6-8-11/h11H,4-10H2,1-3H3. The van der Waals surface area contributed by atoms with Crippen molar-refractivity contribution in [3.63, 3.8) is 0 Å². The minimum Gasteiger partial charge on any atom is -0.460 e. The van der Waals surface area contributed by atoms with Crippen LogP contribution in [0.25, 0.3) is 0 Å². The lowest BCUT2D eigenvalue weighted by atomic mass is 10.0. The minimum absolute atomic E-state index is 0.235. The normalized spacial score (nSPS) is 19.9. The summed E-state index contributed by atoms with van der Waals surface area (Å²) in [5.41, 5.74) is -0.441. The smallest absolute Gasteiger partial charge is 0.307 e. The molecule has 0 radical (unpaired) electrons. The molecule has 1 saturated carbocycles. The Morgan fingerprint density at radius 1 is 1.24 bits per heavy atom. The third kappa shape index (κ3) is 6.20. The van der Waals surface area contributed by atoms with Gasteiger partial charge in [0.2, 0.25) is 0 Å². The van der Waals surface area contributed by atoms with Crippen molar-refractivity contribution in [1.82, 2.24) is 0 Å². The van der Waals surface area contributed by atoms with E-state index in [1.807, 2.05) is 20.8 Å². The molecular weight excluding hydrogens is 236 g/mol. The van der Waals surface area contributed by atoms with E-state index in [0.29, 0.717) is 11.0 Å². The second kappa shape index (κ2) is 6.53. The molecule has 1 rings (SSSR count). The Labute approximate surface area is 107 Å². The second-order valence-electron chi connectivity index (χ2n) is 5.68. The van der Waals surface area contributed by atoms with Crippen molar-refractivity contribution in [2.45, 2.75) is 70.1 Å². The van der Waals surface area contributed by atoms with Crippen LogP contribution in [0.15, 0.2) is 0 Å². The van der Waals surface area contributed by atoms with Gasteiger partial charge >= 0.3 is 5.97 Å². The van der Waals surface area contributed by atoms with Gasteiger partial charge in [-0.1, -0.05) is 19.3 Å². The van der Waals surface area contributed by atoms with Gasteiger partial charge in [0.1, 0.15) is 5.60 Å². The van der Waals surface area contributed by atoms with Crippen molar-refractivity contribution in [3.05, 3.63) is 0 Å². The summed E-state index contributed by atoms with van der Waals surface area (Å²) in [6.07, 6.45) is 6.02. The summed E-state index contributed by atoms with van der Waals surface area (Å²) in [5, 5.41) is 0.311. The first-order valence-electron chi connectivity index (χ1n) is 6.47. The molecule has 0 heterocycles. The van der Waals surface area contributed by atoms with Crippen LogP contribution in [-0.2, 0) is 20.3 Å². The van der Waals surface area contributed by atoms with Gasteiger partial charge in [-0.25, -0.2) is 0 Å². The fourth-order valence-electron chi connectivity index (χ4n) is 2.07. The van der Waals surface area contributed by atoms with E-state index in [1.165, 1.54) is 19.3 Å². The molecule has 1 aliphatic carbocycles. The molecular formula is C13H24O3S. The first kappa shape index (κ1) is 14.7. The van der Waals surface area contributed by atoms with Crippen LogP contribution in [0.5, 0.6) is 0 Å². The fourth-order valence-corrected chi connectivity index (χ4v) is 3.63. The molecule has 0 aromatic heterocycles. The highest BCUT2D eigenvalue weighted by Gasteiger charge is 2.22. The van der Waals surface area contributed by atoms with E-state index in [4.69, 9.17) is 4.74 Å². The molecule has 1 unspecified atom stereocenters. The van der Waals surface area contributed by atoms with E-state index in [-0.39, 0.29) is 12.4 Å². The lowest BCUT2D eigenvalue weighted by Crippen LogP contribution is -2.26. The van der Waals surface area contributed by atoms with Crippen molar-refractivity contribution in [3.8, 4) is 0 Å². The van der Waals surface area contributed by atoms with Gasteiger partial charge in [0, 0.05) is 21.8 Å². The second-order valence-corrected chi connectivity index (χ2v) is 7.52. The lowest BCUT2D eigenvalue weighted by molar-refractivity contribution is -0.154. The van der Waals surface area contributed by atoms with Crippen molar-refractivity contribution in [1.29, 1.82) is 0 Å². The van der Waals surface area contributed by atoms with Gasteiger partial charge in [-0.05, 0) is 33.6 Å². The fraction of sp³-hybridized carbons (Fsp3) is 0.923. The maximum Gasteiger partial charge on any atom is 0.307 e. The van der Waals surface area contributed by atoms with Gasteiger partial charge in [0.05, 0.1) is 6.42 Å². The zero-order valence-corrected chi connectivity index (χ0v) is 12.0. The molecule has 0 amide bonds. The first-order chi connectivity index (χ1) is 7.88. The SMILES string of the molecule is CC(C)(C)OC(=O)CCS(=O)C1CCCCC1. The van der Waals surface area contributed by atoms with Crippen molar-refractivity contribution >= 4 is 16.8 Å². The van der Waals surface area contributed by atoms with E-state index in [0.717, 1.165) is 12.8 Å². The predicted octanol–water partition coefficient (Wildman–Crippen LogP) is 2.80. The molecule has 4 heteroatoms. The quantitative estimate of drug-likeness (QED) is 0.730. The van der Waals surface area contributed by atoms with Crippen LogP contribution in [-0.4, -0.2) is 26.8 Å². The van der Waals surface area contributed by atoms with Crippen LogP contribution in [0.3, 0.4) is 0 Å². The number of hydrogen-bond acceptors (Lipinski definition) is 3. The highest BCUT2D eigenvalue weighted by atomic mass is 32.2. The summed E-state index contributed by atoms with van der Waals surface area (Å²) in [6, 6.07) is 0. The van der Waals surface area contributed by atoms with E-state index in [1.54, 1.807) is 0 Å². The Balaban J connectivity index is 2.25. The molecule has 0 N–H and O–H groups in total. The van der Waals surface area contributed by atoms with Crippen molar-refractivity contribution < 1.29 is 13.7 Å². The predicted molar refractivity (Wildman–Crippen MR) is 70.3 cm³/mol. The molecule has 1 atom stereocenters. The lowest BCUT2D eigenvalue weighted by Gasteiger charge is -2.22. The number of carbonyl (C=O) groups is 1. The van der Waals surface area contributed by atoms with Gasteiger partial charge in [-0.3, -0.25) is 9.00 Å². The molecule has 0 aromatic rings. The van der Waals surface area contributed by atoms with Gasteiger partial charge in [0.25, 0.3) is 0 Å². The van der Waals surface area contributed by atoms with Gasteiger partial charge in [-0.15, -0.1) is 0 Å². The van der Waals surface area contributed by atoms with Crippen LogP contribution >= 0.6 is 0 Å². The zero-order valence-electron chi connectivity index (χ0n) is 11.2. The van der Waals surface area contributed by atoms with Gasteiger partial charge in [-0.2, -0.15) is 0 Å². The summed E-state index contributed by atoms with van der Waals surface area (Å²) in [5.74, 6) is 0.223. The third-order valence-corrected chi connectivity index (χ3v) is 4.67. The minimum atomic E-state index is -0.856. The Morgan fingerprint density at radius 2 is 1.82 bits per heavy atom. The van der Waals surface area contributed by atoms with E-state index in [9.17, 15) is 9.00 Å². The van der Waals surface area contributed by atoms with Crippen molar-refractivity contribution in [2.75, 3.05) is 5.75 Å². The number of rotatable bonds is 4. The summed E-state index contributed by atoms with van der Waals surface area (Å²) >= 11 is 0. The molecule has 100 valence electrons. The maximum absolute atomic E-state index is 12.0. The van der Waals surface area contributed by atoms with Crippen LogP contribution in [0.2, 0.25) is 0 Å². The monoisotopic (exact) mass is 260 g/mol. The van der Waals surface area contributed by atoms with Crippen molar-refractivity contribution in [2.24, 2.45) is 0 Å². The topological polar surface area (TPSA) is 43.4 Å². The average Bonchev–Trinajstić information content (AvgIpc) is 2.25. The maximum atomic E-state index is 12.0. The largest absolute Gasteiger partial charge is 0.460 e. The molecule has 0 aromatic carbocycles. The summed E-state index contributed by atoms with van der Waals surface area (Å²) in [7, 11) is -0.856. The van der Waals surface area contributed by atoms with Gasteiger partial charge < -0.3 is 4.74 Å². The summed E-state index contributed by atoms with van der Waals surface area (Å²) < 4.78 is 17.2. The number of hydrogen-bond donors (Lipinski definition) is 0. The van der Waals surface area contributed by atoms with Crippen LogP contribution in [0.1, 0.15) is 59.3 Å². The Kier molecular flexibility index (Phi) is 5.63. The highest BCUT2D eigenvalue weighted by molar-refractivity contribution is 7.85. The number of ether oxygens (including phenoxy) is 1. The van der Waals surface area contributed by atoms with E-state index < -0.39 is 16.4 Å². The molecule has 1 aliphatic rings. The molecule has 0 saturated heterocycles. The van der Waals surface area contributed by atoms with Crippen LogP contribution < -0.4 is 0 Å². The van der Waals surface area contributed by atoms with Crippen LogP contribution in [0, 0.1) is 0 Å². The molecule has 0 bridgehead atoms. The average molecular weight is 260 g/mol. The molecule has 0 spiro atoms. The molecule has 3 nitrogen and oxygen atoms in total. The Hall–Kier alpha value is -0.380. The highest BCUT2D eigenvalue weighted by Crippen LogP contribution is 2.22. The zero-order chi connectivity index (χ0) is 12.9. The molecule has 1 fully saturated rings. The van der Waals surface area contributed by atoms with Crippen LogP contribution in [0.4, 0.5) is 0 Å². The first-order valence-corrected chi connectivity index (χ1v) is 7.86. The number of carbonyl (C=O) groups excluding carboxylic acids is 1. The third-order valence-electron chi connectivity index (χ3n) is 2.85. The van der Waals surface area contributed by atoms with Gasteiger partial charge in [0.15, 0.2) is 0 Å². The molecule has 0 aliphatic heterocycles. The summed E-state index contributed by atoms with van der Waals surface area (Å²) in [6.45, 7) is 5.55. The summed E-state index contributed by atoms with van der Waals surface area (Å²) in [4.78, 5) is 11.5. The van der Waals surface area contributed by atoms with E-state index in [2.05, 4.69) is 0 Å². The number of esters is 1. The Bertz CT molecular complexity index is 275. The Morgan fingerprint density at radius 3 is 2.35 bits per heavy atom. The molecule has 17 heavy (non-hydrogen) atoms.